The lowest BCUT2D eigenvalue weighted by atomic mass is 10.0. The molecule has 0 heterocycles. The van der Waals surface area contributed by atoms with Crippen LogP contribution in [-0.2, 0) is 0 Å². The molecular formula is C14H11ClFI. The summed E-state index contributed by atoms with van der Waals surface area (Å²) < 4.78 is 14.0. The largest absolute Gasteiger partial charge is 0.207 e. The van der Waals surface area contributed by atoms with E-state index in [9.17, 15) is 4.39 Å². The molecule has 0 bridgehead atoms. The van der Waals surface area contributed by atoms with Gasteiger partial charge in [0.15, 0.2) is 0 Å². The molecule has 2 aromatic carbocycles. The Hall–Kier alpha value is -0.610. The van der Waals surface area contributed by atoms with Crippen molar-refractivity contribution in [1.82, 2.24) is 0 Å². The first-order chi connectivity index (χ1) is 8.09. The van der Waals surface area contributed by atoms with Crippen LogP contribution in [0.15, 0.2) is 42.5 Å². The van der Waals surface area contributed by atoms with Crippen molar-refractivity contribution in [2.75, 3.05) is 0 Å². The summed E-state index contributed by atoms with van der Waals surface area (Å²) in [5.41, 5.74) is 3.19. The van der Waals surface area contributed by atoms with Crippen molar-refractivity contribution in [2.24, 2.45) is 0 Å². The molecule has 0 N–H and O–H groups in total. The van der Waals surface area contributed by atoms with Crippen LogP contribution in [-0.4, -0.2) is 0 Å². The maximum absolute atomic E-state index is 12.9. The first kappa shape index (κ1) is 12.8. The van der Waals surface area contributed by atoms with Crippen LogP contribution < -0.4 is 0 Å². The summed E-state index contributed by atoms with van der Waals surface area (Å²) in [5, 5.41) is -0.234. The van der Waals surface area contributed by atoms with Gasteiger partial charge in [-0.15, -0.1) is 11.6 Å². The lowest BCUT2D eigenvalue weighted by Crippen LogP contribution is -1.98. The lowest BCUT2D eigenvalue weighted by molar-refractivity contribution is 0.627. The van der Waals surface area contributed by atoms with Crippen LogP contribution in [0.4, 0.5) is 4.39 Å². The summed E-state index contributed by atoms with van der Waals surface area (Å²) in [4.78, 5) is 0. The Morgan fingerprint density at radius 1 is 1.12 bits per heavy atom. The highest BCUT2D eigenvalue weighted by Crippen LogP contribution is 2.33. The summed E-state index contributed by atoms with van der Waals surface area (Å²) in [6.07, 6.45) is 0. The van der Waals surface area contributed by atoms with Crippen molar-refractivity contribution >= 4 is 34.2 Å². The van der Waals surface area contributed by atoms with E-state index in [2.05, 4.69) is 35.6 Å². The van der Waals surface area contributed by atoms with E-state index < -0.39 is 0 Å². The second-order valence-corrected chi connectivity index (χ2v) is 5.41. The van der Waals surface area contributed by atoms with E-state index >= 15 is 0 Å². The second-order valence-electron chi connectivity index (χ2n) is 3.89. The molecule has 3 heteroatoms. The number of rotatable bonds is 2. The van der Waals surface area contributed by atoms with E-state index in [1.54, 1.807) is 12.1 Å². The van der Waals surface area contributed by atoms with Crippen molar-refractivity contribution < 1.29 is 4.39 Å². The number of hydrogen-bond acceptors (Lipinski definition) is 0. The molecule has 2 rings (SSSR count). The molecule has 0 saturated carbocycles. The fourth-order valence-corrected chi connectivity index (χ4v) is 2.86. The Bertz CT molecular complexity index is 522. The van der Waals surface area contributed by atoms with Gasteiger partial charge in [0.25, 0.3) is 0 Å². The summed E-state index contributed by atoms with van der Waals surface area (Å²) in [5.74, 6) is -0.239. The fraction of sp³-hybridized carbons (Fsp3) is 0.143. The summed E-state index contributed by atoms with van der Waals surface area (Å²) in [7, 11) is 0. The third-order valence-corrected chi connectivity index (χ3v) is 4.62. The van der Waals surface area contributed by atoms with Gasteiger partial charge in [0.05, 0.1) is 5.38 Å². The SMILES string of the molecule is Cc1cccc(C(Cl)c2ccc(F)cc2)c1I. The Morgan fingerprint density at radius 2 is 1.76 bits per heavy atom. The first-order valence-electron chi connectivity index (χ1n) is 5.24. The van der Waals surface area contributed by atoms with Gasteiger partial charge in [0.1, 0.15) is 5.82 Å². The van der Waals surface area contributed by atoms with Gasteiger partial charge in [-0.05, 0) is 58.3 Å². The minimum Gasteiger partial charge on any atom is -0.207 e. The van der Waals surface area contributed by atoms with Gasteiger partial charge in [-0.3, -0.25) is 0 Å². The Balaban J connectivity index is 2.40. The quantitative estimate of drug-likeness (QED) is 0.518. The van der Waals surface area contributed by atoms with Gasteiger partial charge < -0.3 is 0 Å². The molecule has 0 aliphatic rings. The van der Waals surface area contributed by atoms with E-state index in [0.717, 1.165) is 14.7 Å². The predicted octanol–water partition coefficient (Wildman–Crippen LogP) is 5.07. The molecule has 0 aliphatic heterocycles. The molecule has 0 saturated heterocycles. The van der Waals surface area contributed by atoms with E-state index in [1.165, 1.54) is 17.7 Å². The van der Waals surface area contributed by atoms with E-state index in [0.29, 0.717) is 0 Å². The molecule has 1 atom stereocenters. The van der Waals surface area contributed by atoms with Gasteiger partial charge in [0.2, 0.25) is 0 Å². The van der Waals surface area contributed by atoms with Gasteiger partial charge in [-0.25, -0.2) is 4.39 Å². The van der Waals surface area contributed by atoms with Crippen LogP contribution in [0.3, 0.4) is 0 Å². The molecule has 0 amide bonds. The van der Waals surface area contributed by atoms with Crippen LogP contribution >= 0.6 is 34.2 Å². The molecule has 0 aromatic heterocycles. The van der Waals surface area contributed by atoms with Crippen LogP contribution in [0, 0.1) is 16.3 Å². The topological polar surface area (TPSA) is 0 Å². The lowest BCUT2D eigenvalue weighted by Gasteiger charge is -2.13. The molecule has 0 aliphatic carbocycles. The van der Waals surface area contributed by atoms with Crippen molar-refractivity contribution in [3.05, 3.63) is 68.5 Å². The van der Waals surface area contributed by atoms with Crippen molar-refractivity contribution in [3.8, 4) is 0 Å². The molecule has 0 nitrogen and oxygen atoms in total. The summed E-state index contributed by atoms with van der Waals surface area (Å²) in [6, 6.07) is 12.4. The van der Waals surface area contributed by atoms with Crippen LogP contribution in [0.25, 0.3) is 0 Å². The Morgan fingerprint density at radius 3 is 2.41 bits per heavy atom. The summed E-state index contributed by atoms with van der Waals surface area (Å²) in [6.45, 7) is 2.06. The smallest absolute Gasteiger partial charge is 0.123 e. The average molecular weight is 361 g/mol. The van der Waals surface area contributed by atoms with E-state index in [-0.39, 0.29) is 11.2 Å². The highest BCUT2D eigenvalue weighted by Gasteiger charge is 2.14. The third-order valence-electron chi connectivity index (χ3n) is 2.66. The van der Waals surface area contributed by atoms with E-state index in [4.69, 9.17) is 11.6 Å². The standard InChI is InChI=1S/C14H11ClFI/c1-9-3-2-4-12(14(9)17)13(15)10-5-7-11(16)8-6-10/h2-8,13H,1H3. The van der Waals surface area contributed by atoms with Crippen molar-refractivity contribution in [1.29, 1.82) is 0 Å². The van der Waals surface area contributed by atoms with Gasteiger partial charge in [0, 0.05) is 3.57 Å². The minimum absolute atomic E-state index is 0.234. The monoisotopic (exact) mass is 360 g/mol. The number of halogens is 3. The zero-order chi connectivity index (χ0) is 12.4. The highest BCUT2D eigenvalue weighted by atomic mass is 127. The molecular weight excluding hydrogens is 350 g/mol. The molecule has 0 spiro atoms. The Kier molecular flexibility index (Phi) is 4.05. The molecule has 88 valence electrons. The van der Waals surface area contributed by atoms with Crippen molar-refractivity contribution in [3.63, 3.8) is 0 Å². The maximum atomic E-state index is 12.9. The normalized spacial score (nSPS) is 12.5. The minimum atomic E-state index is -0.239. The van der Waals surface area contributed by atoms with Gasteiger partial charge in [-0.1, -0.05) is 30.3 Å². The van der Waals surface area contributed by atoms with Gasteiger partial charge in [-0.2, -0.15) is 0 Å². The number of alkyl halides is 1. The molecule has 0 radical (unpaired) electrons. The molecule has 1 unspecified atom stereocenters. The predicted molar refractivity (Wildman–Crippen MR) is 78.0 cm³/mol. The first-order valence-corrected chi connectivity index (χ1v) is 6.75. The maximum Gasteiger partial charge on any atom is 0.123 e. The molecule has 2 aromatic rings. The van der Waals surface area contributed by atoms with Crippen LogP contribution in [0.2, 0.25) is 0 Å². The van der Waals surface area contributed by atoms with Crippen LogP contribution in [0.1, 0.15) is 22.1 Å². The zero-order valence-electron chi connectivity index (χ0n) is 9.25. The number of aryl methyl sites for hydroxylation is 1. The second kappa shape index (κ2) is 5.36. The van der Waals surface area contributed by atoms with Crippen molar-refractivity contribution in [2.45, 2.75) is 12.3 Å². The van der Waals surface area contributed by atoms with Gasteiger partial charge >= 0.3 is 0 Å². The zero-order valence-corrected chi connectivity index (χ0v) is 12.2. The third kappa shape index (κ3) is 2.80. The average Bonchev–Trinajstić information content (AvgIpc) is 2.33. The molecule has 17 heavy (non-hydrogen) atoms. The Labute approximate surface area is 119 Å². The molecule has 0 fully saturated rings. The number of hydrogen-bond donors (Lipinski definition) is 0. The fourth-order valence-electron chi connectivity index (χ4n) is 1.68. The van der Waals surface area contributed by atoms with Crippen LogP contribution in [0.5, 0.6) is 0 Å². The van der Waals surface area contributed by atoms with E-state index in [1.807, 2.05) is 12.1 Å². The highest BCUT2D eigenvalue weighted by molar-refractivity contribution is 14.1. The number of benzene rings is 2. The summed E-state index contributed by atoms with van der Waals surface area (Å²) >= 11 is 8.73.